The summed E-state index contributed by atoms with van der Waals surface area (Å²) >= 11 is 5.78. The molecule has 0 saturated heterocycles. The third kappa shape index (κ3) is 2.02. The molecule has 0 aliphatic rings. The van der Waals surface area contributed by atoms with Gasteiger partial charge in [0.25, 0.3) is 0 Å². The molecule has 0 fully saturated rings. The lowest BCUT2D eigenvalue weighted by Gasteiger charge is -2.06. The highest BCUT2D eigenvalue weighted by Gasteiger charge is 2.07. The fraction of sp³-hybridized carbons (Fsp3) is 0.0769. The molecule has 0 unspecified atom stereocenters. The van der Waals surface area contributed by atoms with Crippen LogP contribution in [0.4, 0.5) is 4.39 Å². The molecule has 0 aliphatic carbocycles. The van der Waals surface area contributed by atoms with Gasteiger partial charge in [0.1, 0.15) is 11.6 Å². The van der Waals surface area contributed by atoms with Crippen LogP contribution in [0.1, 0.15) is 5.56 Å². The van der Waals surface area contributed by atoms with Gasteiger partial charge in [-0.2, -0.15) is 0 Å². The molecule has 0 aromatic heterocycles. The van der Waals surface area contributed by atoms with Gasteiger partial charge in [-0.25, -0.2) is 4.39 Å². The van der Waals surface area contributed by atoms with E-state index in [0.29, 0.717) is 11.1 Å². The number of rotatable bonds is 1. The smallest absolute Gasteiger partial charge is 0.134 e. The number of benzene rings is 2. The Balaban J connectivity index is 2.58. The van der Waals surface area contributed by atoms with Gasteiger partial charge < -0.3 is 5.11 Å². The zero-order valence-corrected chi connectivity index (χ0v) is 9.42. The number of halogens is 2. The number of phenolic OH excluding ortho intramolecular Hbond substituents is 1. The predicted octanol–water partition coefficient (Wildman–Crippen LogP) is 4.16. The van der Waals surface area contributed by atoms with Gasteiger partial charge in [-0.3, -0.25) is 0 Å². The molecule has 16 heavy (non-hydrogen) atoms. The van der Waals surface area contributed by atoms with E-state index in [9.17, 15) is 9.50 Å². The number of aryl methyl sites for hydroxylation is 1. The summed E-state index contributed by atoms with van der Waals surface area (Å²) < 4.78 is 13.6. The van der Waals surface area contributed by atoms with Gasteiger partial charge in [0, 0.05) is 5.56 Å². The molecule has 0 heterocycles. The fourth-order valence-corrected chi connectivity index (χ4v) is 1.72. The highest BCUT2D eigenvalue weighted by atomic mass is 35.5. The van der Waals surface area contributed by atoms with Crippen molar-refractivity contribution in [1.29, 1.82) is 0 Å². The second-order valence-corrected chi connectivity index (χ2v) is 4.06. The number of hydrogen-bond donors (Lipinski definition) is 1. The molecule has 0 spiro atoms. The molecule has 0 saturated carbocycles. The Bertz CT molecular complexity index is 537. The Kier molecular flexibility index (Phi) is 2.84. The van der Waals surface area contributed by atoms with Crippen LogP contribution in [0.15, 0.2) is 36.4 Å². The summed E-state index contributed by atoms with van der Waals surface area (Å²) in [5.41, 5.74) is 2.12. The zero-order chi connectivity index (χ0) is 11.7. The summed E-state index contributed by atoms with van der Waals surface area (Å²) in [5, 5.41) is 9.51. The van der Waals surface area contributed by atoms with Crippen LogP contribution in [0, 0.1) is 12.7 Å². The van der Waals surface area contributed by atoms with Crippen LogP contribution in [0.3, 0.4) is 0 Å². The van der Waals surface area contributed by atoms with E-state index in [1.54, 1.807) is 24.3 Å². The molecule has 0 amide bonds. The van der Waals surface area contributed by atoms with E-state index in [0.717, 1.165) is 5.56 Å². The first kappa shape index (κ1) is 11.0. The molecule has 2 aromatic carbocycles. The Morgan fingerprint density at radius 3 is 2.56 bits per heavy atom. The van der Waals surface area contributed by atoms with Crippen molar-refractivity contribution >= 4 is 11.6 Å². The van der Waals surface area contributed by atoms with Crippen LogP contribution in [0.25, 0.3) is 11.1 Å². The molecule has 3 heteroatoms. The second-order valence-electron chi connectivity index (χ2n) is 3.65. The Labute approximate surface area is 98.1 Å². The van der Waals surface area contributed by atoms with Gasteiger partial charge in [0.2, 0.25) is 0 Å². The predicted molar refractivity (Wildman–Crippen MR) is 63.2 cm³/mol. The van der Waals surface area contributed by atoms with Crippen LogP contribution in [0.5, 0.6) is 5.75 Å². The molecule has 0 aliphatic heterocycles. The second kappa shape index (κ2) is 4.14. The molecule has 82 valence electrons. The SMILES string of the molecule is Cc1ccc(F)c(-c2ccc(O)c(Cl)c2)c1. The van der Waals surface area contributed by atoms with Gasteiger partial charge in [-0.1, -0.05) is 29.3 Å². The molecular formula is C13H10ClFO. The van der Waals surface area contributed by atoms with Gasteiger partial charge in [0.15, 0.2) is 0 Å². The van der Waals surface area contributed by atoms with E-state index in [-0.39, 0.29) is 16.6 Å². The van der Waals surface area contributed by atoms with Crippen LogP contribution in [0.2, 0.25) is 5.02 Å². The first-order valence-corrected chi connectivity index (χ1v) is 5.21. The summed E-state index contributed by atoms with van der Waals surface area (Å²) in [6.45, 7) is 1.89. The highest BCUT2D eigenvalue weighted by Crippen LogP contribution is 2.31. The average Bonchev–Trinajstić information content (AvgIpc) is 2.26. The van der Waals surface area contributed by atoms with E-state index >= 15 is 0 Å². The molecule has 0 radical (unpaired) electrons. The van der Waals surface area contributed by atoms with Crippen molar-refractivity contribution in [1.82, 2.24) is 0 Å². The van der Waals surface area contributed by atoms with Crippen molar-refractivity contribution in [3.63, 3.8) is 0 Å². The first-order valence-electron chi connectivity index (χ1n) is 4.83. The van der Waals surface area contributed by atoms with E-state index in [4.69, 9.17) is 11.6 Å². The van der Waals surface area contributed by atoms with Crippen molar-refractivity contribution in [2.45, 2.75) is 6.92 Å². The average molecular weight is 237 g/mol. The van der Waals surface area contributed by atoms with E-state index in [2.05, 4.69) is 0 Å². The minimum absolute atomic E-state index is 0.00141. The molecule has 1 N–H and O–H groups in total. The highest BCUT2D eigenvalue weighted by molar-refractivity contribution is 6.32. The molecule has 0 bridgehead atoms. The quantitative estimate of drug-likeness (QED) is 0.788. The Morgan fingerprint density at radius 2 is 1.88 bits per heavy atom. The zero-order valence-electron chi connectivity index (χ0n) is 8.67. The molecule has 0 atom stereocenters. The fourth-order valence-electron chi connectivity index (χ4n) is 1.53. The summed E-state index contributed by atoms with van der Waals surface area (Å²) in [6, 6.07) is 9.53. The van der Waals surface area contributed by atoms with Crippen molar-refractivity contribution in [3.05, 3.63) is 52.8 Å². The van der Waals surface area contributed by atoms with Crippen LogP contribution >= 0.6 is 11.6 Å². The molecule has 2 rings (SSSR count). The summed E-state index contributed by atoms with van der Waals surface area (Å²) in [5.74, 6) is -0.300. The van der Waals surface area contributed by atoms with Gasteiger partial charge in [-0.15, -0.1) is 0 Å². The monoisotopic (exact) mass is 236 g/mol. The maximum Gasteiger partial charge on any atom is 0.134 e. The van der Waals surface area contributed by atoms with Crippen LogP contribution in [-0.2, 0) is 0 Å². The summed E-state index contributed by atoms with van der Waals surface area (Å²) in [7, 11) is 0. The number of phenols is 1. The maximum absolute atomic E-state index is 13.6. The Morgan fingerprint density at radius 1 is 1.12 bits per heavy atom. The maximum atomic E-state index is 13.6. The lowest BCUT2D eigenvalue weighted by Crippen LogP contribution is -1.85. The standard InChI is InChI=1S/C13H10ClFO/c1-8-2-4-12(15)10(6-8)9-3-5-13(16)11(14)7-9/h2-7,16H,1H3. The lowest BCUT2D eigenvalue weighted by molar-refractivity contribution is 0.475. The molecule has 1 nitrogen and oxygen atoms in total. The van der Waals surface area contributed by atoms with E-state index in [1.165, 1.54) is 12.1 Å². The molecular weight excluding hydrogens is 227 g/mol. The topological polar surface area (TPSA) is 20.2 Å². The lowest BCUT2D eigenvalue weighted by atomic mass is 10.0. The van der Waals surface area contributed by atoms with E-state index in [1.807, 2.05) is 6.92 Å². The van der Waals surface area contributed by atoms with Crippen LogP contribution in [-0.4, -0.2) is 5.11 Å². The normalized spacial score (nSPS) is 10.4. The van der Waals surface area contributed by atoms with Crippen LogP contribution < -0.4 is 0 Å². The minimum Gasteiger partial charge on any atom is -0.506 e. The number of hydrogen-bond acceptors (Lipinski definition) is 1. The van der Waals surface area contributed by atoms with Crippen molar-refractivity contribution in [2.75, 3.05) is 0 Å². The van der Waals surface area contributed by atoms with Crippen molar-refractivity contribution in [2.24, 2.45) is 0 Å². The van der Waals surface area contributed by atoms with Gasteiger partial charge >= 0.3 is 0 Å². The molecule has 2 aromatic rings. The third-order valence-corrected chi connectivity index (χ3v) is 2.68. The minimum atomic E-state index is -0.299. The van der Waals surface area contributed by atoms with Gasteiger partial charge in [0.05, 0.1) is 5.02 Å². The first-order chi connectivity index (χ1) is 7.58. The van der Waals surface area contributed by atoms with E-state index < -0.39 is 0 Å². The third-order valence-electron chi connectivity index (χ3n) is 2.38. The summed E-state index contributed by atoms with van der Waals surface area (Å²) in [6.07, 6.45) is 0. The summed E-state index contributed by atoms with van der Waals surface area (Å²) in [4.78, 5) is 0. The van der Waals surface area contributed by atoms with Gasteiger partial charge in [-0.05, 0) is 36.8 Å². The van der Waals surface area contributed by atoms with Crippen molar-refractivity contribution < 1.29 is 9.50 Å². The van der Waals surface area contributed by atoms with Crippen molar-refractivity contribution in [3.8, 4) is 16.9 Å². The number of aromatic hydroxyl groups is 1. The largest absolute Gasteiger partial charge is 0.506 e. The Hall–Kier alpha value is -1.54.